The first-order chi connectivity index (χ1) is 9.81. The molecule has 2 aromatic rings. The molecule has 1 heterocycles. The van der Waals surface area contributed by atoms with E-state index in [2.05, 4.69) is 21.0 Å². The maximum Gasteiger partial charge on any atom is 0.360 e. The number of hydrogen-bond donors (Lipinski definition) is 1. The highest BCUT2D eigenvalue weighted by atomic mass is 79.9. The zero-order valence-corrected chi connectivity index (χ0v) is 13.6. The first-order valence-corrected chi connectivity index (χ1v) is 7.31. The number of benzene rings is 1. The van der Waals surface area contributed by atoms with Crippen molar-refractivity contribution in [1.29, 1.82) is 0 Å². The van der Waals surface area contributed by atoms with Crippen molar-refractivity contribution in [1.82, 2.24) is 9.78 Å². The average Bonchev–Trinajstić information content (AvgIpc) is 2.41. The fraction of sp³-hybridized carbons (Fsp3) is 0.214. The molecule has 0 radical (unpaired) electrons. The van der Waals surface area contributed by atoms with Crippen molar-refractivity contribution < 1.29 is 9.90 Å². The molecule has 0 aliphatic carbocycles. The molecule has 2 rings (SSSR count). The molecule has 0 aliphatic heterocycles. The van der Waals surface area contributed by atoms with Gasteiger partial charge in [-0.05, 0) is 40.0 Å². The summed E-state index contributed by atoms with van der Waals surface area (Å²) in [6.45, 7) is 3.64. The summed E-state index contributed by atoms with van der Waals surface area (Å²) in [4.78, 5) is 23.3. The van der Waals surface area contributed by atoms with E-state index >= 15 is 0 Å². The molecule has 0 atom stereocenters. The Morgan fingerprint density at radius 1 is 1.43 bits per heavy atom. The minimum atomic E-state index is -1.35. The van der Waals surface area contributed by atoms with Crippen LogP contribution >= 0.6 is 27.5 Å². The number of halogens is 2. The van der Waals surface area contributed by atoms with Crippen molar-refractivity contribution in [2.75, 3.05) is 0 Å². The van der Waals surface area contributed by atoms with E-state index < -0.39 is 17.1 Å². The van der Waals surface area contributed by atoms with Gasteiger partial charge in [0.1, 0.15) is 0 Å². The molecule has 1 aromatic carbocycles. The van der Waals surface area contributed by atoms with Crippen LogP contribution in [0.4, 0.5) is 0 Å². The number of hydrogen-bond acceptors (Lipinski definition) is 3. The van der Waals surface area contributed by atoms with Crippen molar-refractivity contribution in [3.8, 4) is 5.69 Å². The fourth-order valence-corrected chi connectivity index (χ4v) is 2.24. The SMILES string of the molecule is CC(C)c1cn(-c2ccc(Br)c(Cl)c2)nc(C(=O)O)c1=O. The molecule has 0 fully saturated rings. The molecule has 110 valence electrons. The number of carbonyl (C=O) groups is 1. The van der Waals surface area contributed by atoms with Gasteiger partial charge in [0.25, 0.3) is 0 Å². The zero-order valence-electron chi connectivity index (χ0n) is 11.3. The quantitative estimate of drug-likeness (QED) is 0.896. The van der Waals surface area contributed by atoms with Gasteiger partial charge >= 0.3 is 5.97 Å². The second-order valence-electron chi connectivity index (χ2n) is 4.77. The summed E-state index contributed by atoms with van der Waals surface area (Å²) in [5.74, 6) is -1.46. The van der Waals surface area contributed by atoms with Gasteiger partial charge in [-0.1, -0.05) is 25.4 Å². The fourth-order valence-electron chi connectivity index (χ4n) is 1.82. The van der Waals surface area contributed by atoms with Crippen LogP contribution in [-0.4, -0.2) is 20.9 Å². The Hall–Kier alpha value is -1.66. The number of nitrogens with zero attached hydrogens (tertiary/aromatic N) is 2. The summed E-state index contributed by atoms with van der Waals surface area (Å²) in [7, 11) is 0. The molecule has 0 spiro atoms. The predicted molar refractivity (Wildman–Crippen MR) is 83.6 cm³/mol. The van der Waals surface area contributed by atoms with Gasteiger partial charge in [0.05, 0.1) is 10.7 Å². The van der Waals surface area contributed by atoms with Gasteiger partial charge in [0.2, 0.25) is 11.1 Å². The molecule has 0 saturated carbocycles. The first-order valence-electron chi connectivity index (χ1n) is 6.14. The van der Waals surface area contributed by atoms with E-state index in [-0.39, 0.29) is 5.92 Å². The lowest BCUT2D eigenvalue weighted by molar-refractivity contribution is 0.0686. The van der Waals surface area contributed by atoms with Crippen LogP contribution in [0, 0.1) is 0 Å². The Kier molecular flexibility index (Phi) is 4.49. The lowest BCUT2D eigenvalue weighted by atomic mass is 10.0. The smallest absolute Gasteiger partial charge is 0.360 e. The maximum atomic E-state index is 12.1. The topological polar surface area (TPSA) is 72.2 Å². The molecule has 0 amide bonds. The third-order valence-electron chi connectivity index (χ3n) is 2.94. The third kappa shape index (κ3) is 3.16. The van der Waals surface area contributed by atoms with Gasteiger partial charge in [-0.15, -0.1) is 0 Å². The highest BCUT2D eigenvalue weighted by Gasteiger charge is 2.18. The van der Waals surface area contributed by atoms with E-state index in [4.69, 9.17) is 16.7 Å². The van der Waals surface area contributed by atoms with Crippen molar-refractivity contribution in [3.63, 3.8) is 0 Å². The van der Waals surface area contributed by atoms with Crippen LogP contribution in [0.2, 0.25) is 5.02 Å². The third-order valence-corrected chi connectivity index (χ3v) is 4.17. The van der Waals surface area contributed by atoms with Crippen LogP contribution in [0.15, 0.2) is 33.7 Å². The maximum absolute atomic E-state index is 12.1. The van der Waals surface area contributed by atoms with E-state index in [0.29, 0.717) is 16.3 Å². The Balaban J connectivity index is 2.71. The van der Waals surface area contributed by atoms with E-state index in [1.807, 2.05) is 13.8 Å². The lowest BCUT2D eigenvalue weighted by Gasteiger charge is -2.12. The second-order valence-corrected chi connectivity index (χ2v) is 6.03. The number of carboxylic acids is 1. The number of carboxylic acid groups (broad SMARTS) is 1. The van der Waals surface area contributed by atoms with Crippen LogP contribution in [0.3, 0.4) is 0 Å². The Morgan fingerprint density at radius 2 is 2.10 bits per heavy atom. The summed E-state index contributed by atoms with van der Waals surface area (Å²) in [6, 6.07) is 5.09. The van der Waals surface area contributed by atoms with Crippen LogP contribution in [0.1, 0.15) is 35.8 Å². The monoisotopic (exact) mass is 370 g/mol. The number of rotatable bonds is 3. The highest BCUT2D eigenvalue weighted by Crippen LogP contribution is 2.25. The summed E-state index contributed by atoms with van der Waals surface area (Å²) >= 11 is 9.32. The molecule has 1 aromatic heterocycles. The standard InChI is InChI=1S/C14H12BrClN2O3/c1-7(2)9-6-18(17-12(13(9)19)14(20)21)8-3-4-10(15)11(16)5-8/h3-7H,1-2H3,(H,20,21). The van der Waals surface area contributed by atoms with Gasteiger partial charge in [0, 0.05) is 16.2 Å². The molecule has 5 nitrogen and oxygen atoms in total. The van der Waals surface area contributed by atoms with E-state index in [1.54, 1.807) is 24.4 Å². The molecule has 0 saturated heterocycles. The normalized spacial score (nSPS) is 10.9. The van der Waals surface area contributed by atoms with Gasteiger partial charge in [-0.25, -0.2) is 9.48 Å². The number of aromatic nitrogens is 2. The highest BCUT2D eigenvalue weighted by molar-refractivity contribution is 9.10. The molecule has 7 heteroatoms. The summed E-state index contributed by atoms with van der Waals surface area (Å²) in [5, 5.41) is 13.5. The minimum Gasteiger partial charge on any atom is -0.476 e. The van der Waals surface area contributed by atoms with E-state index in [0.717, 1.165) is 4.47 Å². The van der Waals surface area contributed by atoms with Gasteiger partial charge < -0.3 is 5.11 Å². The van der Waals surface area contributed by atoms with Crippen molar-refractivity contribution in [2.24, 2.45) is 0 Å². The van der Waals surface area contributed by atoms with E-state index in [1.165, 1.54) is 4.68 Å². The first kappa shape index (κ1) is 15.7. The molecule has 0 unspecified atom stereocenters. The molecular weight excluding hydrogens is 360 g/mol. The van der Waals surface area contributed by atoms with Crippen LogP contribution in [-0.2, 0) is 0 Å². The Labute approximate surface area is 134 Å². The number of aromatic carboxylic acids is 1. The van der Waals surface area contributed by atoms with Crippen molar-refractivity contribution in [2.45, 2.75) is 19.8 Å². The van der Waals surface area contributed by atoms with Crippen LogP contribution < -0.4 is 5.43 Å². The average molecular weight is 372 g/mol. The van der Waals surface area contributed by atoms with E-state index in [9.17, 15) is 9.59 Å². The summed E-state index contributed by atoms with van der Waals surface area (Å²) in [5.41, 5.74) is -0.0914. The van der Waals surface area contributed by atoms with Crippen molar-refractivity contribution in [3.05, 3.63) is 55.4 Å². The lowest BCUT2D eigenvalue weighted by Crippen LogP contribution is -2.25. The van der Waals surface area contributed by atoms with Gasteiger partial charge in [-0.3, -0.25) is 4.79 Å². The largest absolute Gasteiger partial charge is 0.476 e. The predicted octanol–water partition coefficient (Wildman–Crippen LogP) is 3.47. The zero-order chi connectivity index (χ0) is 15.7. The summed E-state index contributed by atoms with van der Waals surface area (Å²) < 4.78 is 2.08. The molecule has 0 aliphatic rings. The molecule has 1 N–H and O–H groups in total. The Morgan fingerprint density at radius 3 is 2.62 bits per heavy atom. The Bertz CT molecular complexity index is 771. The summed E-state index contributed by atoms with van der Waals surface area (Å²) in [6.07, 6.45) is 1.54. The molecular formula is C14H12BrClN2O3. The molecule has 0 bridgehead atoms. The van der Waals surface area contributed by atoms with Gasteiger partial charge in [-0.2, -0.15) is 5.10 Å². The van der Waals surface area contributed by atoms with Crippen LogP contribution in [0.25, 0.3) is 5.69 Å². The van der Waals surface area contributed by atoms with Crippen molar-refractivity contribution >= 4 is 33.5 Å². The molecule has 21 heavy (non-hydrogen) atoms. The van der Waals surface area contributed by atoms with Gasteiger partial charge in [0.15, 0.2) is 0 Å². The second kappa shape index (κ2) is 5.99. The minimum absolute atomic E-state index is 0.115. The van der Waals surface area contributed by atoms with Crippen LogP contribution in [0.5, 0.6) is 0 Å².